The van der Waals surface area contributed by atoms with Gasteiger partial charge in [-0.2, -0.15) is 0 Å². The molecule has 1 saturated heterocycles. The van der Waals surface area contributed by atoms with Gasteiger partial charge in [0.05, 0.1) is 16.6 Å². The quantitative estimate of drug-likeness (QED) is 0.289. The van der Waals surface area contributed by atoms with Crippen molar-refractivity contribution in [1.82, 2.24) is 4.98 Å². The number of ketones is 1. The number of hydrogen-bond donors (Lipinski definition) is 1. The van der Waals surface area contributed by atoms with Gasteiger partial charge >= 0.3 is 0 Å². The number of rotatable bonds is 3. The van der Waals surface area contributed by atoms with Crippen LogP contribution in [0, 0.1) is 12.7 Å². The molecule has 156 valence electrons. The van der Waals surface area contributed by atoms with Crippen molar-refractivity contribution in [2.45, 2.75) is 13.0 Å². The van der Waals surface area contributed by atoms with Crippen molar-refractivity contribution >= 4 is 50.7 Å². The molecular formula is C23H15BrClFN2O3. The molecule has 0 aliphatic carbocycles. The van der Waals surface area contributed by atoms with Crippen molar-refractivity contribution in [3.8, 4) is 0 Å². The zero-order chi connectivity index (χ0) is 22.3. The zero-order valence-electron chi connectivity index (χ0n) is 16.1. The van der Waals surface area contributed by atoms with Crippen LogP contribution < -0.4 is 4.90 Å². The van der Waals surface area contributed by atoms with Crippen LogP contribution >= 0.6 is 27.5 Å². The fourth-order valence-corrected chi connectivity index (χ4v) is 3.96. The molecule has 1 unspecified atom stereocenters. The van der Waals surface area contributed by atoms with E-state index in [1.165, 1.54) is 23.2 Å². The van der Waals surface area contributed by atoms with Gasteiger partial charge < -0.3 is 5.11 Å². The number of anilines is 1. The summed E-state index contributed by atoms with van der Waals surface area (Å²) in [7, 11) is 0. The number of benzene rings is 2. The lowest BCUT2D eigenvalue weighted by atomic mass is 9.95. The van der Waals surface area contributed by atoms with Gasteiger partial charge in [-0.3, -0.25) is 19.5 Å². The van der Waals surface area contributed by atoms with E-state index in [0.29, 0.717) is 11.1 Å². The summed E-state index contributed by atoms with van der Waals surface area (Å²) in [6.07, 6.45) is 3.07. The highest BCUT2D eigenvalue weighted by molar-refractivity contribution is 9.10. The van der Waals surface area contributed by atoms with Gasteiger partial charge in [-0.15, -0.1) is 0 Å². The minimum Gasteiger partial charge on any atom is -0.507 e. The van der Waals surface area contributed by atoms with E-state index in [2.05, 4.69) is 20.9 Å². The van der Waals surface area contributed by atoms with E-state index in [0.717, 1.165) is 16.1 Å². The number of aliphatic hydroxyl groups is 1. The lowest BCUT2D eigenvalue weighted by Crippen LogP contribution is -2.29. The van der Waals surface area contributed by atoms with Gasteiger partial charge in [0.15, 0.2) is 0 Å². The molecule has 1 aliphatic heterocycles. The average molecular weight is 502 g/mol. The van der Waals surface area contributed by atoms with Crippen molar-refractivity contribution in [2.75, 3.05) is 4.90 Å². The average Bonchev–Trinajstić information content (AvgIpc) is 3.03. The molecule has 8 heteroatoms. The minimum absolute atomic E-state index is 0.0832. The number of nitrogens with zero attached hydrogens (tertiary/aromatic N) is 2. The number of halogens is 3. The first-order valence-corrected chi connectivity index (χ1v) is 10.4. The number of hydrogen-bond acceptors (Lipinski definition) is 4. The van der Waals surface area contributed by atoms with Crippen molar-refractivity contribution < 1.29 is 19.1 Å². The Bertz CT molecular complexity index is 1250. The molecule has 0 spiro atoms. The molecule has 1 atom stereocenters. The zero-order valence-corrected chi connectivity index (χ0v) is 18.5. The summed E-state index contributed by atoms with van der Waals surface area (Å²) in [5, 5.41) is 10.9. The van der Waals surface area contributed by atoms with Gasteiger partial charge in [0.1, 0.15) is 11.6 Å². The highest BCUT2D eigenvalue weighted by Crippen LogP contribution is 2.42. The second kappa shape index (κ2) is 8.24. The number of carbonyl (C=O) groups excluding carboxylic acids is 2. The Hall–Kier alpha value is -3.03. The number of aliphatic hydroxyl groups excluding tert-OH is 1. The third kappa shape index (κ3) is 3.75. The summed E-state index contributed by atoms with van der Waals surface area (Å²) in [6.45, 7) is 1.85. The molecule has 0 saturated carbocycles. The second-order valence-electron chi connectivity index (χ2n) is 7.02. The highest BCUT2D eigenvalue weighted by atomic mass is 79.9. The molecule has 31 heavy (non-hydrogen) atoms. The molecule has 0 bridgehead atoms. The molecule has 1 N–H and O–H groups in total. The fourth-order valence-electron chi connectivity index (χ4n) is 3.53. The lowest BCUT2D eigenvalue weighted by molar-refractivity contribution is -0.132. The Morgan fingerprint density at radius 3 is 2.61 bits per heavy atom. The van der Waals surface area contributed by atoms with Crippen LogP contribution in [-0.4, -0.2) is 21.8 Å². The lowest BCUT2D eigenvalue weighted by Gasteiger charge is -2.25. The van der Waals surface area contributed by atoms with Crippen LogP contribution in [0.25, 0.3) is 5.76 Å². The molecule has 1 fully saturated rings. The molecule has 1 amide bonds. The first-order valence-electron chi connectivity index (χ1n) is 9.22. The smallest absolute Gasteiger partial charge is 0.300 e. The van der Waals surface area contributed by atoms with Crippen LogP contribution in [0.4, 0.5) is 10.1 Å². The van der Waals surface area contributed by atoms with Crippen LogP contribution in [0.1, 0.15) is 22.7 Å². The molecule has 2 heterocycles. The number of amides is 1. The van der Waals surface area contributed by atoms with Crippen molar-refractivity contribution in [1.29, 1.82) is 0 Å². The maximum Gasteiger partial charge on any atom is 0.300 e. The van der Waals surface area contributed by atoms with Crippen molar-refractivity contribution in [2.24, 2.45) is 0 Å². The SMILES string of the molecule is Cc1cc(/C(O)=C2\C(=O)C(=O)N(c3ccc(F)c(Cl)c3)C2c2cccnc2)ccc1Br. The van der Waals surface area contributed by atoms with Crippen molar-refractivity contribution in [3.63, 3.8) is 0 Å². The molecule has 0 radical (unpaired) electrons. The van der Waals surface area contributed by atoms with Gasteiger partial charge in [0.25, 0.3) is 11.7 Å². The number of Topliss-reactive ketones (excluding diaryl/α,β-unsaturated/α-hetero) is 1. The topological polar surface area (TPSA) is 70.5 Å². The standard InChI is InChI=1S/C23H15BrClFN2O3/c1-12-9-13(4-6-16(12)24)21(29)19-20(14-3-2-8-27-11-14)28(23(31)22(19)30)15-5-7-18(26)17(25)10-15/h2-11,20,29H,1H3/b21-19+. The number of pyridine rings is 1. The third-order valence-electron chi connectivity index (χ3n) is 5.06. The highest BCUT2D eigenvalue weighted by Gasteiger charge is 2.47. The molecule has 1 aromatic heterocycles. The van der Waals surface area contributed by atoms with Crippen LogP contribution in [0.3, 0.4) is 0 Å². The third-order valence-corrected chi connectivity index (χ3v) is 6.24. The Kier molecular flexibility index (Phi) is 5.64. The summed E-state index contributed by atoms with van der Waals surface area (Å²) in [4.78, 5) is 31.3. The van der Waals surface area contributed by atoms with Gasteiger partial charge in [-0.25, -0.2) is 4.39 Å². The van der Waals surface area contributed by atoms with E-state index >= 15 is 0 Å². The predicted molar refractivity (Wildman–Crippen MR) is 119 cm³/mol. The van der Waals surface area contributed by atoms with E-state index in [1.54, 1.807) is 36.5 Å². The minimum atomic E-state index is -0.959. The molecular weight excluding hydrogens is 487 g/mol. The van der Waals surface area contributed by atoms with Gasteiger partial charge in [-0.1, -0.05) is 39.7 Å². The maximum atomic E-state index is 13.7. The second-order valence-corrected chi connectivity index (χ2v) is 8.28. The normalized spacial score (nSPS) is 17.9. The summed E-state index contributed by atoms with van der Waals surface area (Å²) in [5.74, 6) is -2.66. The molecule has 1 aliphatic rings. The summed E-state index contributed by atoms with van der Waals surface area (Å²) >= 11 is 9.33. The Morgan fingerprint density at radius 1 is 1.19 bits per heavy atom. The van der Waals surface area contributed by atoms with Gasteiger partial charge in [0, 0.05) is 28.1 Å². The number of aromatic nitrogens is 1. The molecule has 4 rings (SSSR count). The van der Waals surface area contributed by atoms with E-state index in [-0.39, 0.29) is 22.0 Å². The van der Waals surface area contributed by atoms with E-state index in [4.69, 9.17) is 11.6 Å². The van der Waals surface area contributed by atoms with E-state index in [1.807, 2.05) is 6.92 Å². The molecule has 2 aromatic carbocycles. The van der Waals surface area contributed by atoms with Crippen LogP contribution in [-0.2, 0) is 9.59 Å². The van der Waals surface area contributed by atoms with E-state index in [9.17, 15) is 19.1 Å². The fraction of sp³-hybridized carbons (Fsp3) is 0.0870. The maximum absolute atomic E-state index is 13.7. The molecule has 3 aromatic rings. The summed E-state index contributed by atoms with van der Waals surface area (Å²) in [5.41, 5.74) is 1.90. The summed E-state index contributed by atoms with van der Waals surface area (Å²) in [6, 6.07) is 11.3. The van der Waals surface area contributed by atoms with Crippen LogP contribution in [0.5, 0.6) is 0 Å². The summed E-state index contributed by atoms with van der Waals surface area (Å²) < 4.78 is 14.6. The number of aryl methyl sites for hydroxylation is 1. The van der Waals surface area contributed by atoms with E-state index < -0.39 is 23.5 Å². The van der Waals surface area contributed by atoms with Crippen molar-refractivity contribution in [3.05, 3.63) is 98.5 Å². The van der Waals surface area contributed by atoms with Crippen LogP contribution in [0.15, 0.2) is 71.0 Å². The predicted octanol–water partition coefficient (Wildman–Crippen LogP) is 5.57. The first kappa shape index (κ1) is 21.2. The van der Waals surface area contributed by atoms with Gasteiger partial charge in [-0.05, 0) is 54.4 Å². The number of carbonyl (C=O) groups is 2. The molecule has 5 nitrogen and oxygen atoms in total. The Labute approximate surface area is 190 Å². The Morgan fingerprint density at radius 2 is 1.97 bits per heavy atom. The Balaban J connectivity index is 1.95. The monoisotopic (exact) mass is 500 g/mol. The van der Waals surface area contributed by atoms with Gasteiger partial charge in [0.2, 0.25) is 0 Å². The largest absolute Gasteiger partial charge is 0.507 e. The van der Waals surface area contributed by atoms with Crippen LogP contribution in [0.2, 0.25) is 5.02 Å². The first-order chi connectivity index (χ1) is 14.8.